The van der Waals surface area contributed by atoms with Gasteiger partial charge in [-0.1, -0.05) is 18.1 Å². The number of hydrogen-bond acceptors (Lipinski definition) is 4. The number of ether oxygens (including phenoxy) is 1. The van der Waals surface area contributed by atoms with Crippen LogP contribution in [0.1, 0.15) is 44.6 Å². The highest BCUT2D eigenvalue weighted by Gasteiger charge is 2.46. The summed E-state index contributed by atoms with van der Waals surface area (Å²) in [6.45, 7) is 1.42. The smallest absolute Gasteiger partial charge is 0.123 e. The molecule has 1 aromatic carbocycles. The highest BCUT2D eigenvalue weighted by Crippen LogP contribution is 2.46. The molecule has 0 radical (unpaired) electrons. The van der Waals surface area contributed by atoms with Crippen molar-refractivity contribution in [1.82, 2.24) is 15.0 Å². The first-order chi connectivity index (χ1) is 12.2. The third-order valence-corrected chi connectivity index (χ3v) is 5.76. The van der Waals surface area contributed by atoms with Gasteiger partial charge in [0.25, 0.3) is 0 Å². The van der Waals surface area contributed by atoms with E-state index in [4.69, 9.17) is 4.74 Å². The first-order valence-corrected chi connectivity index (χ1v) is 9.12. The molecule has 1 saturated heterocycles. The Bertz CT molecular complexity index is 708. The van der Waals surface area contributed by atoms with Crippen molar-refractivity contribution in [2.45, 2.75) is 50.7 Å². The number of benzene rings is 1. The van der Waals surface area contributed by atoms with E-state index >= 15 is 0 Å². The van der Waals surface area contributed by atoms with Crippen molar-refractivity contribution in [2.24, 2.45) is 5.41 Å². The van der Waals surface area contributed by atoms with E-state index in [0.29, 0.717) is 12.3 Å². The van der Waals surface area contributed by atoms with Crippen molar-refractivity contribution >= 4 is 0 Å². The number of halogens is 1. The highest BCUT2D eigenvalue weighted by molar-refractivity contribution is 5.57. The molecule has 6 heteroatoms. The quantitative estimate of drug-likeness (QED) is 0.907. The summed E-state index contributed by atoms with van der Waals surface area (Å²) in [4.78, 5) is 0. The molecule has 0 unspecified atom stereocenters. The lowest BCUT2D eigenvalue weighted by molar-refractivity contribution is -0.0903. The van der Waals surface area contributed by atoms with Crippen molar-refractivity contribution in [2.75, 3.05) is 13.2 Å². The molecule has 1 aliphatic carbocycles. The van der Waals surface area contributed by atoms with Crippen LogP contribution in [0, 0.1) is 11.2 Å². The van der Waals surface area contributed by atoms with Gasteiger partial charge in [-0.15, -0.1) is 5.10 Å². The minimum atomic E-state index is -0.484. The fourth-order valence-electron chi connectivity index (χ4n) is 4.31. The van der Waals surface area contributed by atoms with Crippen molar-refractivity contribution in [3.63, 3.8) is 0 Å². The second-order valence-electron chi connectivity index (χ2n) is 7.37. The second kappa shape index (κ2) is 6.84. The van der Waals surface area contributed by atoms with Crippen LogP contribution in [0.2, 0.25) is 0 Å². The molecule has 2 aromatic rings. The van der Waals surface area contributed by atoms with E-state index < -0.39 is 6.10 Å². The molecule has 1 aliphatic heterocycles. The standard InChI is InChI=1S/C19H24FN3O2/c20-15-7-5-14(6-8-15)16-12-23(22-21-16)17-4-3-10-19(18(17)24)9-1-2-11-25-13-19/h5-8,12,17-18,24H,1-4,9-11,13H2/t17-,18+,19+/m0/s1. The van der Waals surface area contributed by atoms with Gasteiger partial charge in [0.05, 0.1) is 24.9 Å². The Labute approximate surface area is 146 Å². The lowest BCUT2D eigenvalue weighted by Gasteiger charge is -2.44. The number of hydrogen-bond donors (Lipinski definition) is 1. The maximum Gasteiger partial charge on any atom is 0.123 e. The Morgan fingerprint density at radius 2 is 1.96 bits per heavy atom. The van der Waals surface area contributed by atoms with Crippen LogP contribution < -0.4 is 0 Å². The van der Waals surface area contributed by atoms with Gasteiger partial charge in [0.2, 0.25) is 0 Å². The molecule has 2 aliphatic rings. The lowest BCUT2D eigenvalue weighted by Crippen LogP contribution is -2.47. The monoisotopic (exact) mass is 345 g/mol. The summed E-state index contributed by atoms with van der Waals surface area (Å²) in [6, 6.07) is 6.14. The fraction of sp³-hybridized carbons (Fsp3) is 0.579. The Morgan fingerprint density at radius 1 is 1.16 bits per heavy atom. The average Bonchev–Trinajstić information content (AvgIpc) is 2.99. The summed E-state index contributed by atoms with van der Waals surface area (Å²) >= 11 is 0. The van der Waals surface area contributed by atoms with Crippen LogP contribution in [0.25, 0.3) is 11.3 Å². The third kappa shape index (κ3) is 3.20. The van der Waals surface area contributed by atoms with Gasteiger partial charge in [0, 0.05) is 17.6 Å². The predicted molar refractivity (Wildman–Crippen MR) is 91.4 cm³/mol. The zero-order valence-corrected chi connectivity index (χ0v) is 14.3. The summed E-state index contributed by atoms with van der Waals surface area (Å²) in [5.74, 6) is -0.269. The highest BCUT2D eigenvalue weighted by atomic mass is 19.1. The van der Waals surface area contributed by atoms with Gasteiger partial charge in [0.1, 0.15) is 11.5 Å². The number of aliphatic hydroxyl groups is 1. The van der Waals surface area contributed by atoms with Crippen LogP contribution in [0.5, 0.6) is 0 Å². The maximum absolute atomic E-state index is 13.1. The Hall–Kier alpha value is -1.79. The zero-order valence-electron chi connectivity index (χ0n) is 14.3. The van der Waals surface area contributed by atoms with E-state index in [-0.39, 0.29) is 17.3 Å². The van der Waals surface area contributed by atoms with Crippen LogP contribution >= 0.6 is 0 Å². The number of aromatic nitrogens is 3. The lowest BCUT2D eigenvalue weighted by atomic mass is 9.67. The van der Waals surface area contributed by atoms with Crippen LogP contribution in [-0.4, -0.2) is 39.4 Å². The second-order valence-corrected chi connectivity index (χ2v) is 7.37. The minimum Gasteiger partial charge on any atom is -0.390 e. The van der Waals surface area contributed by atoms with E-state index in [1.54, 1.807) is 16.8 Å². The van der Waals surface area contributed by atoms with Gasteiger partial charge >= 0.3 is 0 Å². The van der Waals surface area contributed by atoms with Crippen molar-refractivity contribution in [1.29, 1.82) is 0 Å². The summed E-state index contributed by atoms with van der Waals surface area (Å²) in [7, 11) is 0. The first kappa shape index (κ1) is 16.7. The number of aliphatic hydroxyl groups excluding tert-OH is 1. The first-order valence-electron chi connectivity index (χ1n) is 9.12. The summed E-state index contributed by atoms with van der Waals surface area (Å²) in [5, 5.41) is 19.6. The maximum atomic E-state index is 13.1. The van der Waals surface area contributed by atoms with E-state index in [2.05, 4.69) is 10.3 Å². The molecule has 134 valence electrons. The summed E-state index contributed by atoms with van der Waals surface area (Å²) in [6.07, 6.45) is 7.49. The molecule has 4 rings (SSSR count). The fourth-order valence-corrected chi connectivity index (χ4v) is 4.31. The average molecular weight is 345 g/mol. The van der Waals surface area contributed by atoms with Crippen LogP contribution in [0.15, 0.2) is 30.5 Å². The molecule has 0 amide bonds. The number of nitrogens with zero attached hydrogens (tertiary/aromatic N) is 3. The van der Waals surface area contributed by atoms with Crippen LogP contribution in [0.4, 0.5) is 4.39 Å². The van der Waals surface area contributed by atoms with E-state index in [0.717, 1.165) is 50.7 Å². The van der Waals surface area contributed by atoms with Gasteiger partial charge in [-0.25, -0.2) is 9.07 Å². The minimum absolute atomic E-state index is 0.0860. The van der Waals surface area contributed by atoms with Crippen LogP contribution in [0.3, 0.4) is 0 Å². The predicted octanol–water partition coefficient (Wildman–Crippen LogP) is 3.36. The molecule has 1 N–H and O–H groups in total. The molecular weight excluding hydrogens is 321 g/mol. The molecular formula is C19H24FN3O2. The topological polar surface area (TPSA) is 60.2 Å². The van der Waals surface area contributed by atoms with Gasteiger partial charge < -0.3 is 9.84 Å². The summed E-state index contributed by atoms with van der Waals surface area (Å²) < 4.78 is 20.7. The van der Waals surface area contributed by atoms with Gasteiger partial charge in [-0.05, 0) is 49.9 Å². The molecule has 2 fully saturated rings. The number of rotatable bonds is 2. The van der Waals surface area contributed by atoms with Crippen molar-refractivity contribution < 1.29 is 14.2 Å². The van der Waals surface area contributed by atoms with E-state index in [9.17, 15) is 9.50 Å². The molecule has 1 spiro atoms. The summed E-state index contributed by atoms with van der Waals surface area (Å²) in [5.41, 5.74) is 1.36. The molecule has 3 atom stereocenters. The molecule has 0 bridgehead atoms. The van der Waals surface area contributed by atoms with Crippen molar-refractivity contribution in [3.05, 3.63) is 36.3 Å². The van der Waals surface area contributed by atoms with E-state index in [1.165, 1.54) is 12.1 Å². The van der Waals surface area contributed by atoms with Gasteiger partial charge in [0.15, 0.2) is 0 Å². The molecule has 2 heterocycles. The molecule has 25 heavy (non-hydrogen) atoms. The zero-order chi connectivity index (χ0) is 17.3. The molecule has 5 nitrogen and oxygen atoms in total. The Kier molecular flexibility index (Phi) is 4.56. The Morgan fingerprint density at radius 3 is 2.80 bits per heavy atom. The van der Waals surface area contributed by atoms with Gasteiger partial charge in [-0.2, -0.15) is 0 Å². The molecule has 1 saturated carbocycles. The Balaban J connectivity index is 1.57. The van der Waals surface area contributed by atoms with E-state index in [1.807, 2.05) is 6.20 Å². The van der Waals surface area contributed by atoms with Gasteiger partial charge in [-0.3, -0.25) is 0 Å². The SMILES string of the molecule is O[C@@H]1[C@@H](n2cc(-c3ccc(F)cc3)nn2)CCC[C@@]12CCCCOC2. The largest absolute Gasteiger partial charge is 0.390 e. The molecule has 1 aromatic heterocycles. The van der Waals surface area contributed by atoms with Crippen LogP contribution in [-0.2, 0) is 4.74 Å². The third-order valence-electron chi connectivity index (χ3n) is 5.76. The van der Waals surface area contributed by atoms with Crippen molar-refractivity contribution in [3.8, 4) is 11.3 Å². The normalized spacial score (nSPS) is 30.3.